The number of fused-ring (bicyclic) bond motifs is 7. The molecule has 2 aliphatic heterocycles. The molecule has 3 nitrogen and oxygen atoms in total. The van der Waals surface area contributed by atoms with E-state index in [0.717, 1.165) is 28.4 Å². The maximum atomic E-state index is 2.63. The standard InChI is InChI=1S/C73H66BN3/c1-70(2,3)49-34-37-56(38-35-49)76-66-48-58(75(54-28-18-12-19-29-54)55-30-20-13-21-31-55)40-42-63(66)74-64-44-52(71(4,5)6)36-43-65(64)77(68-46-53(72(7,8)9)45-67(76)69(68)74)57-39-41-60-59-32-22-23-33-61(59)73(62(60)47-57,50-24-14-10-15-25-50)51-26-16-11-17-27-51/h10-48H,1-9H3. The molecule has 0 N–H and O–H groups in total. The van der Waals surface area contributed by atoms with Gasteiger partial charge >= 0.3 is 0 Å². The Labute approximate surface area is 457 Å². The molecule has 10 aromatic carbocycles. The van der Waals surface area contributed by atoms with Gasteiger partial charge in [0, 0.05) is 51.2 Å². The van der Waals surface area contributed by atoms with Gasteiger partial charge in [-0.25, -0.2) is 0 Å². The quantitative estimate of drug-likeness (QED) is 0.147. The summed E-state index contributed by atoms with van der Waals surface area (Å²) in [5.41, 5.74) is 25.2. The van der Waals surface area contributed by atoms with E-state index in [1.807, 2.05) is 0 Å². The molecule has 13 rings (SSSR count). The third-order valence-corrected chi connectivity index (χ3v) is 16.8. The van der Waals surface area contributed by atoms with E-state index in [4.69, 9.17) is 0 Å². The minimum Gasteiger partial charge on any atom is -0.311 e. The molecular weight excluding hydrogens is 930 g/mol. The zero-order chi connectivity index (χ0) is 53.0. The molecule has 0 fully saturated rings. The maximum Gasteiger partial charge on any atom is 0.252 e. The van der Waals surface area contributed by atoms with E-state index in [-0.39, 0.29) is 23.0 Å². The van der Waals surface area contributed by atoms with Crippen LogP contribution in [0, 0.1) is 0 Å². The molecule has 1 aliphatic carbocycles. The smallest absolute Gasteiger partial charge is 0.252 e. The maximum absolute atomic E-state index is 2.63. The van der Waals surface area contributed by atoms with Crippen molar-refractivity contribution in [1.82, 2.24) is 0 Å². The molecule has 0 saturated heterocycles. The predicted molar refractivity (Wildman–Crippen MR) is 329 cm³/mol. The van der Waals surface area contributed by atoms with E-state index >= 15 is 0 Å². The average molecular weight is 996 g/mol. The molecule has 3 aliphatic rings. The number of hydrogen-bond acceptors (Lipinski definition) is 3. The highest BCUT2D eigenvalue weighted by atomic mass is 15.2. The molecule has 0 spiro atoms. The third-order valence-electron chi connectivity index (χ3n) is 16.8. The van der Waals surface area contributed by atoms with Crippen LogP contribution >= 0.6 is 0 Å². The summed E-state index contributed by atoms with van der Waals surface area (Å²) in [6, 6.07) is 89.6. The lowest BCUT2D eigenvalue weighted by atomic mass is 9.33. The summed E-state index contributed by atoms with van der Waals surface area (Å²) >= 11 is 0. The highest BCUT2D eigenvalue weighted by Gasteiger charge is 2.48. The largest absolute Gasteiger partial charge is 0.311 e. The Morgan fingerprint density at radius 3 is 1.40 bits per heavy atom. The fraction of sp³-hybridized carbons (Fsp3) is 0.178. The van der Waals surface area contributed by atoms with E-state index in [0.29, 0.717) is 0 Å². The van der Waals surface area contributed by atoms with Gasteiger partial charge in [-0.15, -0.1) is 0 Å². The minimum absolute atomic E-state index is 0.00139. The molecule has 0 radical (unpaired) electrons. The van der Waals surface area contributed by atoms with Gasteiger partial charge in [0.2, 0.25) is 0 Å². The summed E-state index contributed by atoms with van der Waals surface area (Å²) < 4.78 is 0. The van der Waals surface area contributed by atoms with Crippen molar-refractivity contribution < 1.29 is 0 Å². The molecule has 0 amide bonds. The molecule has 376 valence electrons. The summed E-state index contributed by atoms with van der Waals surface area (Å²) in [6.07, 6.45) is 0. The Bertz CT molecular complexity index is 3780. The van der Waals surface area contributed by atoms with Gasteiger partial charge in [0.05, 0.1) is 5.41 Å². The summed E-state index contributed by atoms with van der Waals surface area (Å²) in [6.45, 7) is 21.0. The van der Waals surface area contributed by atoms with Crippen LogP contribution in [0.3, 0.4) is 0 Å². The van der Waals surface area contributed by atoms with E-state index in [1.54, 1.807) is 0 Å². The van der Waals surface area contributed by atoms with Gasteiger partial charge in [-0.3, -0.25) is 0 Å². The van der Waals surface area contributed by atoms with Crippen molar-refractivity contribution in [2.45, 2.75) is 84.0 Å². The van der Waals surface area contributed by atoms with Crippen LogP contribution in [0.5, 0.6) is 0 Å². The highest BCUT2D eigenvalue weighted by Crippen LogP contribution is 2.58. The molecule has 0 bridgehead atoms. The van der Waals surface area contributed by atoms with E-state index in [9.17, 15) is 0 Å². The predicted octanol–water partition coefficient (Wildman–Crippen LogP) is 17.5. The lowest BCUT2D eigenvalue weighted by Crippen LogP contribution is -2.61. The molecule has 2 heterocycles. The molecule has 10 aromatic rings. The summed E-state index contributed by atoms with van der Waals surface area (Å²) in [5.74, 6) is 0. The molecule has 0 unspecified atom stereocenters. The fourth-order valence-electron chi connectivity index (χ4n) is 12.9. The first-order chi connectivity index (χ1) is 37.1. The molecular formula is C73H66BN3. The normalized spacial score (nSPS) is 14.1. The van der Waals surface area contributed by atoms with Gasteiger partial charge in [-0.1, -0.05) is 220 Å². The van der Waals surface area contributed by atoms with Crippen molar-refractivity contribution in [3.8, 4) is 11.1 Å². The van der Waals surface area contributed by atoms with Crippen molar-refractivity contribution in [3.05, 3.63) is 276 Å². The van der Waals surface area contributed by atoms with Gasteiger partial charge in [-0.2, -0.15) is 0 Å². The lowest BCUT2D eigenvalue weighted by Gasteiger charge is -2.46. The topological polar surface area (TPSA) is 9.72 Å². The molecule has 0 saturated carbocycles. The van der Waals surface area contributed by atoms with Crippen molar-refractivity contribution in [1.29, 1.82) is 0 Å². The highest BCUT2D eigenvalue weighted by molar-refractivity contribution is 7.00. The van der Waals surface area contributed by atoms with E-state index in [2.05, 4.69) is 314 Å². The molecule has 0 atom stereocenters. The Morgan fingerprint density at radius 2 is 0.831 bits per heavy atom. The number of nitrogens with zero attached hydrogens (tertiary/aromatic N) is 3. The van der Waals surface area contributed by atoms with Crippen LogP contribution in [0.25, 0.3) is 11.1 Å². The van der Waals surface area contributed by atoms with Gasteiger partial charge in [-0.05, 0) is 162 Å². The Morgan fingerprint density at radius 1 is 0.338 bits per heavy atom. The second kappa shape index (κ2) is 17.9. The van der Waals surface area contributed by atoms with Crippen molar-refractivity contribution >= 4 is 74.3 Å². The summed E-state index contributed by atoms with van der Waals surface area (Å²) in [7, 11) is 0. The van der Waals surface area contributed by atoms with Gasteiger partial charge in [0.15, 0.2) is 0 Å². The zero-order valence-corrected chi connectivity index (χ0v) is 45.9. The van der Waals surface area contributed by atoms with Gasteiger partial charge in [0.25, 0.3) is 6.71 Å². The van der Waals surface area contributed by atoms with Crippen molar-refractivity contribution in [3.63, 3.8) is 0 Å². The number of para-hydroxylation sites is 2. The van der Waals surface area contributed by atoms with Crippen LogP contribution in [0.2, 0.25) is 0 Å². The fourth-order valence-corrected chi connectivity index (χ4v) is 12.9. The van der Waals surface area contributed by atoms with E-state index in [1.165, 1.54) is 89.2 Å². The van der Waals surface area contributed by atoms with Crippen LogP contribution in [0.4, 0.5) is 51.2 Å². The second-order valence-corrected chi connectivity index (χ2v) is 24.6. The Balaban J connectivity index is 1.12. The lowest BCUT2D eigenvalue weighted by molar-refractivity contribution is 0.590. The van der Waals surface area contributed by atoms with Gasteiger partial charge in [0.1, 0.15) is 0 Å². The first-order valence-corrected chi connectivity index (χ1v) is 27.5. The third kappa shape index (κ3) is 7.78. The van der Waals surface area contributed by atoms with Crippen LogP contribution in [0.15, 0.2) is 237 Å². The van der Waals surface area contributed by atoms with Crippen LogP contribution < -0.4 is 31.1 Å². The van der Waals surface area contributed by atoms with Crippen LogP contribution in [-0.2, 0) is 21.7 Å². The first-order valence-electron chi connectivity index (χ1n) is 27.5. The summed E-state index contributed by atoms with van der Waals surface area (Å²) in [5, 5.41) is 0. The molecule has 4 heteroatoms. The zero-order valence-electron chi connectivity index (χ0n) is 45.9. The Kier molecular flexibility index (Phi) is 11.2. The number of rotatable bonds is 7. The minimum atomic E-state index is -0.547. The summed E-state index contributed by atoms with van der Waals surface area (Å²) in [4.78, 5) is 7.62. The number of anilines is 9. The Hall–Kier alpha value is -8.34. The van der Waals surface area contributed by atoms with Crippen molar-refractivity contribution in [2.24, 2.45) is 0 Å². The first kappa shape index (κ1) is 48.3. The number of hydrogen-bond donors (Lipinski definition) is 0. The average Bonchev–Trinajstić information content (AvgIpc) is 4.03. The van der Waals surface area contributed by atoms with Crippen molar-refractivity contribution in [2.75, 3.05) is 14.7 Å². The molecule has 0 aromatic heterocycles. The molecule has 77 heavy (non-hydrogen) atoms. The van der Waals surface area contributed by atoms with Gasteiger partial charge < -0.3 is 14.7 Å². The van der Waals surface area contributed by atoms with E-state index < -0.39 is 5.41 Å². The SMILES string of the molecule is CC(C)(C)c1ccc(N2c3cc(N(c4ccccc4)c4ccccc4)ccc3B3c4cc(C(C)(C)C)ccc4N(c4ccc5c(c4)C(c4ccccc4)(c4ccccc4)c4ccccc4-5)c4cc(C(C)(C)C)cc2c43)cc1. The van der Waals surface area contributed by atoms with Crippen LogP contribution in [0.1, 0.15) is 101 Å². The monoisotopic (exact) mass is 996 g/mol. The van der Waals surface area contributed by atoms with Crippen LogP contribution in [-0.4, -0.2) is 6.71 Å². The number of benzene rings is 10. The second-order valence-electron chi connectivity index (χ2n) is 24.6.